The quantitative estimate of drug-likeness (QED) is 0.697. The van der Waals surface area contributed by atoms with Crippen molar-refractivity contribution < 1.29 is 19.2 Å². The number of carboxylic acids is 1. The van der Waals surface area contributed by atoms with Gasteiger partial charge in [-0.15, -0.1) is 0 Å². The molecule has 1 aromatic rings. The van der Waals surface area contributed by atoms with Crippen molar-refractivity contribution in [3.05, 3.63) is 17.0 Å². The van der Waals surface area contributed by atoms with Crippen molar-refractivity contribution in [1.29, 1.82) is 0 Å². The third-order valence-corrected chi connectivity index (χ3v) is 3.34. The van der Waals surface area contributed by atoms with Gasteiger partial charge in [-0.1, -0.05) is 12.1 Å². The van der Waals surface area contributed by atoms with Gasteiger partial charge in [-0.2, -0.15) is 0 Å². The largest absolute Gasteiger partial charge is 0.481 e. The topological polar surface area (TPSA) is 75.8 Å². The first kappa shape index (κ1) is 16.7. The van der Waals surface area contributed by atoms with Gasteiger partial charge in [0.2, 0.25) is 0 Å². The zero-order valence-corrected chi connectivity index (χ0v) is 12.7. The van der Waals surface area contributed by atoms with E-state index in [1.807, 2.05) is 13.8 Å². The van der Waals surface area contributed by atoms with Crippen LogP contribution < -0.4 is 0 Å². The Kier molecular flexibility index (Phi) is 6.67. The van der Waals surface area contributed by atoms with E-state index in [0.29, 0.717) is 19.7 Å². The van der Waals surface area contributed by atoms with Crippen molar-refractivity contribution >= 4 is 5.97 Å². The summed E-state index contributed by atoms with van der Waals surface area (Å²) in [5.74, 6) is -0.388. The van der Waals surface area contributed by atoms with Gasteiger partial charge in [0.1, 0.15) is 5.76 Å². The van der Waals surface area contributed by atoms with Gasteiger partial charge in [-0.3, -0.25) is 9.69 Å². The van der Waals surface area contributed by atoms with Crippen molar-refractivity contribution in [2.24, 2.45) is 5.92 Å². The molecule has 0 aliphatic rings. The zero-order valence-electron chi connectivity index (χ0n) is 12.7. The molecular formula is C14H24N2O4. The van der Waals surface area contributed by atoms with Gasteiger partial charge >= 0.3 is 5.97 Å². The van der Waals surface area contributed by atoms with Gasteiger partial charge in [0.25, 0.3) is 0 Å². The van der Waals surface area contributed by atoms with Gasteiger partial charge in [0.15, 0.2) is 0 Å². The van der Waals surface area contributed by atoms with Crippen LogP contribution >= 0.6 is 0 Å². The van der Waals surface area contributed by atoms with Gasteiger partial charge in [-0.25, -0.2) is 0 Å². The Bertz CT molecular complexity index is 411. The number of rotatable bonds is 9. The standard InChI is InChI=1S/C14H24N2O4/c1-10(14(17)18)8-16(6-5-7-19-4)9-13-11(2)15-20-12(13)3/h10H,5-9H2,1-4H3,(H,17,18). The Morgan fingerprint density at radius 3 is 2.70 bits per heavy atom. The van der Waals surface area contributed by atoms with E-state index in [2.05, 4.69) is 10.1 Å². The highest BCUT2D eigenvalue weighted by atomic mass is 16.5. The lowest BCUT2D eigenvalue weighted by atomic mass is 10.1. The summed E-state index contributed by atoms with van der Waals surface area (Å²) in [6, 6.07) is 0. The number of hydrogen-bond donors (Lipinski definition) is 1. The number of ether oxygens (including phenoxy) is 1. The summed E-state index contributed by atoms with van der Waals surface area (Å²) >= 11 is 0. The number of hydrogen-bond acceptors (Lipinski definition) is 5. The molecule has 1 aromatic heterocycles. The van der Waals surface area contributed by atoms with Crippen LogP contribution in [-0.2, 0) is 16.1 Å². The number of methoxy groups -OCH3 is 1. The van der Waals surface area contributed by atoms with E-state index in [1.54, 1.807) is 14.0 Å². The molecule has 1 heterocycles. The second kappa shape index (κ2) is 8.01. The van der Waals surface area contributed by atoms with Crippen molar-refractivity contribution in [2.75, 3.05) is 26.8 Å². The average Bonchev–Trinajstić information content (AvgIpc) is 2.70. The molecule has 6 heteroatoms. The highest BCUT2D eigenvalue weighted by Crippen LogP contribution is 2.16. The molecule has 0 amide bonds. The summed E-state index contributed by atoms with van der Waals surface area (Å²) in [5, 5.41) is 13.0. The smallest absolute Gasteiger partial charge is 0.307 e. The first-order valence-electron chi connectivity index (χ1n) is 6.81. The normalized spacial score (nSPS) is 12.8. The zero-order chi connectivity index (χ0) is 15.1. The van der Waals surface area contributed by atoms with Crippen LogP contribution in [0.5, 0.6) is 0 Å². The molecule has 0 radical (unpaired) electrons. The number of aliphatic carboxylic acids is 1. The van der Waals surface area contributed by atoms with E-state index < -0.39 is 11.9 Å². The van der Waals surface area contributed by atoms with E-state index in [-0.39, 0.29) is 0 Å². The van der Waals surface area contributed by atoms with E-state index in [4.69, 9.17) is 14.4 Å². The molecule has 20 heavy (non-hydrogen) atoms. The Morgan fingerprint density at radius 2 is 2.20 bits per heavy atom. The molecule has 1 unspecified atom stereocenters. The maximum Gasteiger partial charge on any atom is 0.307 e. The Morgan fingerprint density at radius 1 is 1.50 bits per heavy atom. The molecule has 0 aromatic carbocycles. The third kappa shape index (κ3) is 4.94. The van der Waals surface area contributed by atoms with Gasteiger partial charge in [0, 0.05) is 38.9 Å². The molecular weight excluding hydrogens is 260 g/mol. The molecule has 0 fully saturated rings. The van der Waals surface area contributed by atoms with Crippen LogP contribution in [0.15, 0.2) is 4.52 Å². The van der Waals surface area contributed by atoms with Crippen LogP contribution in [0.3, 0.4) is 0 Å². The summed E-state index contributed by atoms with van der Waals surface area (Å²) in [7, 11) is 1.67. The molecule has 0 saturated heterocycles. The molecule has 1 rings (SSSR count). The molecule has 114 valence electrons. The van der Waals surface area contributed by atoms with Crippen molar-refractivity contribution in [2.45, 2.75) is 33.7 Å². The molecule has 0 bridgehead atoms. The fourth-order valence-electron chi connectivity index (χ4n) is 2.08. The van der Waals surface area contributed by atoms with Crippen LogP contribution in [-0.4, -0.2) is 47.9 Å². The van der Waals surface area contributed by atoms with Crippen LogP contribution in [0.4, 0.5) is 0 Å². The van der Waals surface area contributed by atoms with Crippen molar-refractivity contribution in [3.8, 4) is 0 Å². The monoisotopic (exact) mass is 284 g/mol. The fraction of sp³-hybridized carbons (Fsp3) is 0.714. The SMILES string of the molecule is COCCCN(Cc1c(C)noc1C)CC(C)C(=O)O. The number of carboxylic acid groups (broad SMARTS) is 1. The van der Waals surface area contributed by atoms with E-state index in [0.717, 1.165) is 30.0 Å². The summed E-state index contributed by atoms with van der Waals surface area (Å²) in [5.41, 5.74) is 1.90. The molecule has 0 spiro atoms. The third-order valence-electron chi connectivity index (χ3n) is 3.34. The molecule has 1 atom stereocenters. The minimum absolute atomic E-state index is 0.405. The van der Waals surface area contributed by atoms with Gasteiger partial charge < -0.3 is 14.4 Å². The van der Waals surface area contributed by atoms with Gasteiger partial charge in [-0.05, 0) is 20.3 Å². The minimum atomic E-state index is -0.777. The van der Waals surface area contributed by atoms with E-state index in [9.17, 15) is 4.79 Å². The molecule has 0 aliphatic carbocycles. The van der Waals surface area contributed by atoms with E-state index in [1.165, 1.54) is 0 Å². The highest BCUT2D eigenvalue weighted by Gasteiger charge is 2.19. The number of aryl methyl sites for hydroxylation is 2. The fourth-order valence-corrected chi connectivity index (χ4v) is 2.08. The lowest BCUT2D eigenvalue weighted by Gasteiger charge is -2.24. The Balaban J connectivity index is 2.68. The number of carbonyl (C=O) groups is 1. The summed E-state index contributed by atoms with van der Waals surface area (Å²) in [6.45, 7) is 8.11. The summed E-state index contributed by atoms with van der Waals surface area (Å²) in [4.78, 5) is 13.1. The van der Waals surface area contributed by atoms with Crippen LogP contribution in [0.1, 0.15) is 30.4 Å². The summed E-state index contributed by atoms with van der Waals surface area (Å²) < 4.78 is 10.2. The first-order valence-corrected chi connectivity index (χ1v) is 6.81. The van der Waals surface area contributed by atoms with Gasteiger partial charge in [0.05, 0.1) is 11.6 Å². The van der Waals surface area contributed by atoms with Crippen molar-refractivity contribution in [1.82, 2.24) is 10.1 Å². The highest BCUT2D eigenvalue weighted by molar-refractivity contribution is 5.69. The Labute approximate surface area is 119 Å². The number of nitrogens with zero attached hydrogens (tertiary/aromatic N) is 2. The number of aromatic nitrogens is 1. The first-order chi connectivity index (χ1) is 9.45. The lowest BCUT2D eigenvalue weighted by Crippen LogP contribution is -2.33. The molecule has 0 saturated carbocycles. The predicted molar refractivity (Wildman–Crippen MR) is 74.5 cm³/mol. The minimum Gasteiger partial charge on any atom is -0.481 e. The van der Waals surface area contributed by atoms with Crippen LogP contribution in [0, 0.1) is 19.8 Å². The second-order valence-corrected chi connectivity index (χ2v) is 5.12. The van der Waals surface area contributed by atoms with E-state index >= 15 is 0 Å². The summed E-state index contributed by atoms with van der Waals surface area (Å²) in [6.07, 6.45) is 0.867. The lowest BCUT2D eigenvalue weighted by molar-refractivity contribution is -0.141. The molecule has 1 N–H and O–H groups in total. The maximum atomic E-state index is 11.0. The molecule has 6 nitrogen and oxygen atoms in total. The van der Waals surface area contributed by atoms with Crippen LogP contribution in [0.2, 0.25) is 0 Å². The predicted octanol–water partition coefficient (Wildman–Crippen LogP) is 1.85. The molecule has 0 aliphatic heterocycles. The Hall–Kier alpha value is -1.40. The van der Waals surface area contributed by atoms with Crippen LogP contribution in [0.25, 0.3) is 0 Å². The maximum absolute atomic E-state index is 11.0. The second-order valence-electron chi connectivity index (χ2n) is 5.12. The van der Waals surface area contributed by atoms with Crippen molar-refractivity contribution in [3.63, 3.8) is 0 Å². The average molecular weight is 284 g/mol.